The minimum Gasteiger partial charge on any atom is -0.457 e. The van der Waals surface area contributed by atoms with Crippen LogP contribution in [0.5, 0.6) is 11.5 Å². The van der Waals surface area contributed by atoms with Crippen LogP contribution >= 0.6 is 0 Å². The molecule has 0 atom stereocenters. The van der Waals surface area contributed by atoms with E-state index in [-0.39, 0.29) is 0 Å². The highest BCUT2D eigenvalue weighted by atomic mass is 16.5. The van der Waals surface area contributed by atoms with E-state index in [1.165, 1.54) is 22.2 Å². The summed E-state index contributed by atoms with van der Waals surface area (Å²) in [6, 6.07) is 105. The van der Waals surface area contributed by atoms with Crippen LogP contribution in [0.2, 0.25) is 0 Å². The second kappa shape index (κ2) is 22.6. The Morgan fingerprint density at radius 1 is 0.374 bits per heavy atom. The lowest BCUT2D eigenvalue weighted by molar-refractivity contribution is 0.483. The maximum Gasteiger partial charge on any atom is 0.137 e. The number of nitrogens with zero attached hydrogens (tertiary/aromatic N) is 6. The number of anilines is 4. The summed E-state index contributed by atoms with van der Waals surface area (Å²) in [5, 5.41) is 2.27. The van der Waals surface area contributed by atoms with E-state index in [4.69, 9.17) is 14.7 Å². The first-order valence-corrected chi connectivity index (χ1v) is 31.6. The molecule has 0 bridgehead atoms. The fourth-order valence-corrected chi connectivity index (χ4v) is 14.2. The normalized spacial score (nSPS) is 12.8. The van der Waals surface area contributed by atoms with Gasteiger partial charge in [0.25, 0.3) is 0 Å². The summed E-state index contributed by atoms with van der Waals surface area (Å²) in [6.07, 6.45) is 5.25. The molecule has 2 aliphatic heterocycles. The molecule has 7 nitrogen and oxygen atoms in total. The Morgan fingerprint density at radius 2 is 0.978 bits per heavy atom. The Morgan fingerprint density at radius 3 is 1.68 bits per heavy atom. The molecule has 0 unspecified atom stereocenters. The van der Waals surface area contributed by atoms with E-state index in [0.717, 1.165) is 154 Å². The number of benzene rings is 12. The third kappa shape index (κ3) is 9.70. The van der Waals surface area contributed by atoms with Gasteiger partial charge >= 0.3 is 0 Å². The molecule has 12 aromatic carbocycles. The summed E-state index contributed by atoms with van der Waals surface area (Å²) in [5.74, 6) is 3.43. The summed E-state index contributed by atoms with van der Waals surface area (Å²) in [5.41, 5.74) is 25.6. The highest BCUT2D eigenvalue weighted by Gasteiger charge is 2.33. The van der Waals surface area contributed by atoms with Gasteiger partial charge in [0.1, 0.15) is 29.8 Å². The van der Waals surface area contributed by atoms with Gasteiger partial charge in [0.05, 0.1) is 39.1 Å². The molecule has 17 rings (SSSR count). The number of para-hydroxylation sites is 1. The number of fused-ring (bicyclic) bond motifs is 7. The first kappa shape index (κ1) is 53.7. The molecule has 0 fully saturated rings. The Labute approximate surface area is 529 Å². The van der Waals surface area contributed by atoms with Crippen molar-refractivity contribution < 1.29 is 4.74 Å². The van der Waals surface area contributed by atoms with Crippen molar-refractivity contribution in [3.05, 3.63) is 309 Å². The summed E-state index contributed by atoms with van der Waals surface area (Å²) in [4.78, 5) is 15.6. The van der Waals surface area contributed by atoms with Gasteiger partial charge in [-0.05, 0) is 159 Å². The third-order valence-corrected chi connectivity index (χ3v) is 18.5. The molecule has 5 heterocycles. The average molecular weight is 1170 g/mol. The predicted molar refractivity (Wildman–Crippen MR) is 376 cm³/mol. The van der Waals surface area contributed by atoms with Crippen LogP contribution in [0.4, 0.5) is 22.7 Å². The first-order valence-electron chi connectivity index (χ1n) is 31.6. The topological polar surface area (TPSA) is 51.4 Å². The van der Waals surface area contributed by atoms with Crippen molar-refractivity contribution >= 4 is 55.6 Å². The van der Waals surface area contributed by atoms with Crippen molar-refractivity contribution in [3.63, 3.8) is 0 Å². The molecule has 91 heavy (non-hydrogen) atoms. The number of pyridine rings is 1. The molecule has 7 heteroatoms. The van der Waals surface area contributed by atoms with Gasteiger partial charge in [0.2, 0.25) is 0 Å². The van der Waals surface area contributed by atoms with E-state index in [1.54, 1.807) is 0 Å². The average Bonchev–Trinajstić information content (AvgIpc) is 1.69. The zero-order valence-electron chi connectivity index (χ0n) is 50.4. The molecule has 3 aromatic heterocycles. The lowest BCUT2D eigenvalue weighted by atomic mass is 9.87. The molecular weight excluding hydrogens is 1110 g/mol. The standard InChI is InChI=1S/C84H62N6O/c1-56-45-83(85-54-74(56)61-31-15-6-16-32-61)90-77-38-18-17-35-71(77)72-42-41-67(51-78(72)90)91-68-48-65(84-69(59-27-11-4-12-28-59)36-22-37-70(84)60-29-13-5-14-30-60)47-66(50-68)88-55-89(81-53-79-75(52-80(81)88)86-82-39-19-20-44-87(79)82)76-43-40-63(58-25-9-3-10-26-58)49-73(76)64-34-21-33-62(46-64)57-23-7-2-8-24-57/h2-18,21-38,40-43,45-54H,19-20,39,44,55H2,1H3. The number of rotatable bonds is 12. The Hall–Kier alpha value is -11.5. The van der Waals surface area contributed by atoms with E-state index < -0.39 is 0 Å². The van der Waals surface area contributed by atoms with Crippen LogP contribution in [0.15, 0.2) is 297 Å². The zero-order chi connectivity index (χ0) is 60.4. The smallest absolute Gasteiger partial charge is 0.137 e. The summed E-state index contributed by atoms with van der Waals surface area (Å²) >= 11 is 0. The molecular formula is C84H62N6O. The number of aryl methyl sites for hydroxylation is 3. The summed E-state index contributed by atoms with van der Waals surface area (Å²) in [7, 11) is 0. The van der Waals surface area contributed by atoms with Crippen LogP contribution in [0.1, 0.15) is 24.2 Å². The minimum absolute atomic E-state index is 0.515. The van der Waals surface area contributed by atoms with Crippen LogP contribution < -0.4 is 14.5 Å². The Balaban J connectivity index is 0.871. The van der Waals surface area contributed by atoms with Crippen molar-refractivity contribution in [1.29, 1.82) is 0 Å². The van der Waals surface area contributed by atoms with Crippen molar-refractivity contribution in [2.24, 2.45) is 0 Å². The minimum atomic E-state index is 0.515. The molecule has 0 saturated carbocycles. The van der Waals surface area contributed by atoms with Gasteiger partial charge in [-0.15, -0.1) is 0 Å². The van der Waals surface area contributed by atoms with Crippen molar-refractivity contribution in [2.75, 3.05) is 16.5 Å². The largest absolute Gasteiger partial charge is 0.457 e. The van der Waals surface area contributed by atoms with Crippen LogP contribution in [-0.4, -0.2) is 25.8 Å². The Kier molecular flexibility index (Phi) is 13.3. The SMILES string of the molecule is Cc1cc(-n2c3ccccc3c3ccc(Oc4cc(-c5c(-c6ccccc6)cccc5-c5ccccc5)cc(N5CN(c6ccc(-c7ccccc7)cc6-c6cccc(-c7ccccc7)c6)c6cc7c(cc65)nc5n7CCCC5)c4)cc32)ncc1-c1ccccc1. The third-order valence-electron chi connectivity index (χ3n) is 18.5. The Bertz CT molecular complexity index is 5190. The number of ether oxygens (including phenoxy) is 1. The van der Waals surface area contributed by atoms with E-state index in [9.17, 15) is 0 Å². The van der Waals surface area contributed by atoms with E-state index >= 15 is 0 Å². The highest BCUT2D eigenvalue weighted by molar-refractivity contribution is 6.10. The molecule has 434 valence electrons. The van der Waals surface area contributed by atoms with Crippen molar-refractivity contribution in [1.82, 2.24) is 19.1 Å². The summed E-state index contributed by atoms with van der Waals surface area (Å²) < 4.78 is 12.2. The van der Waals surface area contributed by atoms with Crippen LogP contribution in [0, 0.1) is 6.92 Å². The van der Waals surface area contributed by atoms with Crippen LogP contribution in [0.25, 0.3) is 117 Å². The lowest BCUT2D eigenvalue weighted by Crippen LogP contribution is -2.24. The van der Waals surface area contributed by atoms with Gasteiger partial charge in [0, 0.05) is 58.9 Å². The van der Waals surface area contributed by atoms with Crippen molar-refractivity contribution in [2.45, 2.75) is 32.7 Å². The van der Waals surface area contributed by atoms with E-state index in [2.05, 4.69) is 317 Å². The van der Waals surface area contributed by atoms with E-state index in [0.29, 0.717) is 18.2 Å². The lowest BCUT2D eigenvalue weighted by Gasteiger charge is -2.26. The maximum atomic E-state index is 7.44. The van der Waals surface area contributed by atoms with Gasteiger partial charge in [-0.3, -0.25) is 4.57 Å². The molecule has 0 spiro atoms. The first-order chi connectivity index (χ1) is 45.0. The molecule has 0 amide bonds. The van der Waals surface area contributed by atoms with Crippen molar-refractivity contribution in [3.8, 4) is 95.2 Å². The number of hydrogen-bond donors (Lipinski definition) is 0. The molecule has 2 aliphatic rings. The summed E-state index contributed by atoms with van der Waals surface area (Å²) in [6.45, 7) is 3.64. The second-order valence-electron chi connectivity index (χ2n) is 24.0. The molecule has 0 N–H and O–H groups in total. The van der Waals surface area contributed by atoms with Gasteiger partial charge in [-0.1, -0.05) is 212 Å². The second-order valence-corrected chi connectivity index (χ2v) is 24.0. The van der Waals surface area contributed by atoms with Crippen LogP contribution in [-0.2, 0) is 13.0 Å². The van der Waals surface area contributed by atoms with Gasteiger partial charge < -0.3 is 19.1 Å². The highest BCUT2D eigenvalue weighted by Crippen LogP contribution is 2.52. The fourth-order valence-electron chi connectivity index (χ4n) is 14.2. The quantitative estimate of drug-likeness (QED) is 0.122. The molecule has 0 saturated heterocycles. The number of aromatic nitrogens is 4. The van der Waals surface area contributed by atoms with Crippen LogP contribution in [0.3, 0.4) is 0 Å². The molecule has 0 aliphatic carbocycles. The van der Waals surface area contributed by atoms with E-state index in [1.807, 2.05) is 6.20 Å². The zero-order valence-corrected chi connectivity index (χ0v) is 50.4. The monoisotopic (exact) mass is 1170 g/mol. The fraction of sp³-hybridized carbons (Fsp3) is 0.0714. The van der Waals surface area contributed by atoms with Gasteiger partial charge in [-0.25, -0.2) is 9.97 Å². The maximum absolute atomic E-state index is 7.44. The predicted octanol–water partition coefficient (Wildman–Crippen LogP) is 21.9. The number of imidazole rings is 1. The van der Waals surface area contributed by atoms with Gasteiger partial charge in [-0.2, -0.15) is 0 Å². The molecule has 0 radical (unpaired) electrons. The van der Waals surface area contributed by atoms with Gasteiger partial charge in [0.15, 0.2) is 0 Å². The molecule has 15 aromatic rings. The number of hydrogen-bond acceptors (Lipinski definition) is 5.